The summed E-state index contributed by atoms with van der Waals surface area (Å²) in [6.07, 6.45) is 2.35. The van der Waals surface area contributed by atoms with Crippen LogP contribution in [0, 0.1) is 19.8 Å². The molecule has 6 heteroatoms. The van der Waals surface area contributed by atoms with Crippen molar-refractivity contribution in [3.05, 3.63) is 51.7 Å². The molecule has 2 aromatic rings. The van der Waals surface area contributed by atoms with E-state index in [2.05, 4.69) is 64.7 Å². The number of thiophene rings is 1. The van der Waals surface area contributed by atoms with E-state index in [1.54, 1.807) is 0 Å². The SMILES string of the molecule is Cc1cccc(N2CCN(C(=O)NCC3CCN(Cc4cccs4)CC3)CC2)c1C. The minimum Gasteiger partial charge on any atom is -0.368 e. The van der Waals surface area contributed by atoms with Crippen molar-refractivity contribution >= 4 is 23.1 Å². The van der Waals surface area contributed by atoms with E-state index in [0.717, 1.165) is 52.4 Å². The number of rotatable bonds is 5. The lowest BCUT2D eigenvalue weighted by atomic mass is 9.97. The third kappa shape index (κ3) is 5.16. The number of urea groups is 1. The van der Waals surface area contributed by atoms with Gasteiger partial charge in [-0.05, 0) is 74.3 Å². The second-order valence-corrected chi connectivity index (χ2v) is 9.71. The zero-order chi connectivity index (χ0) is 20.9. The first-order valence-electron chi connectivity index (χ1n) is 11.2. The van der Waals surface area contributed by atoms with Crippen LogP contribution in [-0.2, 0) is 6.54 Å². The van der Waals surface area contributed by atoms with Gasteiger partial charge >= 0.3 is 6.03 Å². The Bertz CT molecular complexity index is 822. The van der Waals surface area contributed by atoms with Gasteiger partial charge in [0.2, 0.25) is 0 Å². The molecule has 0 unspecified atom stereocenters. The smallest absolute Gasteiger partial charge is 0.317 e. The topological polar surface area (TPSA) is 38.8 Å². The molecule has 4 rings (SSSR count). The van der Waals surface area contributed by atoms with Crippen LogP contribution >= 0.6 is 11.3 Å². The van der Waals surface area contributed by atoms with Gasteiger partial charge < -0.3 is 15.1 Å². The molecule has 2 aliphatic heterocycles. The fraction of sp³-hybridized carbons (Fsp3) is 0.542. The Kier molecular flexibility index (Phi) is 6.95. The lowest BCUT2D eigenvalue weighted by molar-refractivity contribution is 0.168. The van der Waals surface area contributed by atoms with Gasteiger partial charge in [0.05, 0.1) is 0 Å². The summed E-state index contributed by atoms with van der Waals surface area (Å²) in [5, 5.41) is 5.36. The van der Waals surface area contributed by atoms with Crippen molar-refractivity contribution in [2.75, 3.05) is 50.7 Å². The van der Waals surface area contributed by atoms with Crippen molar-refractivity contribution < 1.29 is 4.79 Å². The zero-order valence-electron chi connectivity index (χ0n) is 18.3. The van der Waals surface area contributed by atoms with Crippen LogP contribution in [0.25, 0.3) is 0 Å². The van der Waals surface area contributed by atoms with Gasteiger partial charge in [0, 0.05) is 49.8 Å². The first-order chi connectivity index (χ1) is 14.6. The van der Waals surface area contributed by atoms with Gasteiger partial charge in [0.25, 0.3) is 0 Å². The molecule has 0 radical (unpaired) electrons. The maximum atomic E-state index is 12.7. The van der Waals surface area contributed by atoms with Gasteiger partial charge in [-0.25, -0.2) is 4.79 Å². The molecule has 0 spiro atoms. The van der Waals surface area contributed by atoms with Crippen molar-refractivity contribution in [1.82, 2.24) is 15.1 Å². The van der Waals surface area contributed by atoms with Gasteiger partial charge in [-0.1, -0.05) is 18.2 Å². The summed E-state index contributed by atoms with van der Waals surface area (Å²) in [5.74, 6) is 0.602. The van der Waals surface area contributed by atoms with Crippen LogP contribution in [0.4, 0.5) is 10.5 Å². The van der Waals surface area contributed by atoms with E-state index in [9.17, 15) is 4.79 Å². The van der Waals surface area contributed by atoms with Crippen LogP contribution < -0.4 is 10.2 Å². The average Bonchev–Trinajstić information content (AvgIpc) is 3.28. The number of carbonyl (C=O) groups excluding carboxylic acids is 1. The largest absolute Gasteiger partial charge is 0.368 e. The summed E-state index contributed by atoms with van der Waals surface area (Å²) in [5.41, 5.74) is 3.99. The predicted molar refractivity (Wildman–Crippen MR) is 125 cm³/mol. The molecule has 2 fully saturated rings. The highest BCUT2D eigenvalue weighted by Gasteiger charge is 2.24. The van der Waals surface area contributed by atoms with E-state index < -0.39 is 0 Å². The summed E-state index contributed by atoms with van der Waals surface area (Å²) >= 11 is 1.84. The Morgan fingerprint density at radius 1 is 1.03 bits per heavy atom. The first kappa shape index (κ1) is 21.2. The molecule has 1 N–H and O–H groups in total. The minimum atomic E-state index is 0.108. The van der Waals surface area contributed by atoms with E-state index in [1.165, 1.54) is 34.5 Å². The molecule has 3 heterocycles. The molecule has 5 nitrogen and oxygen atoms in total. The van der Waals surface area contributed by atoms with Crippen LogP contribution in [-0.4, -0.2) is 61.6 Å². The molecule has 1 aromatic carbocycles. The van der Waals surface area contributed by atoms with E-state index in [-0.39, 0.29) is 6.03 Å². The fourth-order valence-corrected chi connectivity index (χ4v) is 5.29. The number of benzene rings is 1. The molecule has 0 atom stereocenters. The molecule has 0 aliphatic carbocycles. The van der Waals surface area contributed by atoms with Crippen LogP contribution in [0.3, 0.4) is 0 Å². The van der Waals surface area contributed by atoms with Crippen molar-refractivity contribution in [2.24, 2.45) is 5.92 Å². The molecule has 2 saturated heterocycles. The van der Waals surface area contributed by atoms with E-state index in [0.29, 0.717) is 5.92 Å². The Balaban J connectivity index is 1.17. The molecule has 0 saturated carbocycles. The van der Waals surface area contributed by atoms with Crippen LogP contribution in [0.15, 0.2) is 35.7 Å². The number of likely N-dealkylation sites (tertiary alicyclic amines) is 1. The number of nitrogens with zero attached hydrogens (tertiary/aromatic N) is 3. The quantitative estimate of drug-likeness (QED) is 0.782. The highest BCUT2D eigenvalue weighted by Crippen LogP contribution is 2.24. The fourth-order valence-electron chi connectivity index (χ4n) is 4.54. The van der Waals surface area contributed by atoms with Crippen LogP contribution in [0.2, 0.25) is 0 Å². The number of aryl methyl sites for hydroxylation is 1. The highest BCUT2D eigenvalue weighted by molar-refractivity contribution is 7.09. The number of piperidine rings is 1. The number of hydrogen-bond donors (Lipinski definition) is 1. The molecule has 162 valence electrons. The summed E-state index contributed by atoms with van der Waals surface area (Å²) in [7, 11) is 0. The van der Waals surface area contributed by atoms with Crippen molar-refractivity contribution in [3.63, 3.8) is 0 Å². The number of nitrogens with one attached hydrogen (secondary N) is 1. The number of hydrogen-bond acceptors (Lipinski definition) is 4. The maximum absolute atomic E-state index is 12.7. The van der Waals surface area contributed by atoms with Crippen LogP contribution in [0.5, 0.6) is 0 Å². The maximum Gasteiger partial charge on any atom is 0.317 e. The molecule has 30 heavy (non-hydrogen) atoms. The third-order valence-electron chi connectivity index (χ3n) is 6.69. The Morgan fingerprint density at radius 2 is 1.80 bits per heavy atom. The van der Waals surface area contributed by atoms with Crippen LogP contribution in [0.1, 0.15) is 28.8 Å². The number of piperazine rings is 1. The van der Waals surface area contributed by atoms with Crippen molar-refractivity contribution in [3.8, 4) is 0 Å². The van der Waals surface area contributed by atoms with E-state index in [1.807, 2.05) is 16.2 Å². The standard InChI is InChI=1S/C24H34N4OS/c1-19-5-3-7-23(20(19)2)27-12-14-28(15-13-27)24(29)25-17-21-8-10-26(11-9-21)18-22-6-4-16-30-22/h3-7,16,21H,8-15,17-18H2,1-2H3,(H,25,29). The minimum absolute atomic E-state index is 0.108. The van der Waals surface area contributed by atoms with Gasteiger partial charge in [-0.2, -0.15) is 0 Å². The molecule has 0 bridgehead atoms. The molecule has 2 amide bonds. The monoisotopic (exact) mass is 426 g/mol. The summed E-state index contributed by atoms with van der Waals surface area (Å²) in [4.78, 5) is 21.0. The van der Waals surface area contributed by atoms with Gasteiger partial charge in [0.15, 0.2) is 0 Å². The summed E-state index contributed by atoms with van der Waals surface area (Å²) in [6.45, 7) is 11.9. The molecular formula is C24H34N4OS. The highest BCUT2D eigenvalue weighted by atomic mass is 32.1. The van der Waals surface area contributed by atoms with Crippen molar-refractivity contribution in [1.29, 1.82) is 0 Å². The van der Waals surface area contributed by atoms with Gasteiger partial charge in [-0.15, -0.1) is 11.3 Å². The second-order valence-electron chi connectivity index (χ2n) is 8.68. The Hall–Kier alpha value is -2.05. The first-order valence-corrected chi connectivity index (χ1v) is 12.1. The van der Waals surface area contributed by atoms with E-state index >= 15 is 0 Å². The third-order valence-corrected chi connectivity index (χ3v) is 7.55. The average molecular weight is 427 g/mol. The van der Waals surface area contributed by atoms with Gasteiger partial charge in [-0.3, -0.25) is 4.90 Å². The number of amides is 2. The summed E-state index contributed by atoms with van der Waals surface area (Å²) < 4.78 is 0. The lowest BCUT2D eigenvalue weighted by Gasteiger charge is -2.37. The normalized spacial score (nSPS) is 18.6. The Labute approximate surface area is 184 Å². The summed E-state index contributed by atoms with van der Waals surface area (Å²) in [6, 6.07) is 10.9. The molecule has 2 aliphatic rings. The molecule has 1 aromatic heterocycles. The van der Waals surface area contributed by atoms with Gasteiger partial charge in [0.1, 0.15) is 0 Å². The predicted octanol–water partition coefficient (Wildman–Crippen LogP) is 4.11. The number of anilines is 1. The lowest BCUT2D eigenvalue weighted by Crippen LogP contribution is -2.52. The zero-order valence-corrected chi connectivity index (χ0v) is 19.1. The molecular weight excluding hydrogens is 392 g/mol. The number of carbonyl (C=O) groups is 1. The Morgan fingerprint density at radius 3 is 2.50 bits per heavy atom. The van der Waals surface area contributed by atoms with Crippen molar-refractivity contribution in [2.45, 2.75) is 33.2 Å². The van der Waals surface area contributed by atoms with E-state index in [4.69, 9.17) is 0 Å². The second kappa shape index (κ2) is 9.84.